The van der Waals surface area contributed by atoms with Crippen molar-refractivity contribution in [1.82, 2.24) is 0 Å². The Bertz CT molecular complexity index is 598. The van der Waals surface area contributed by atoms with Gasteiger partial charge in [-0.15, -0.1) is 6.58 Å². The van der Waals surface area contributed by atoms with Crippen LogP contribution < -0.4 is 0 Å². The quantitative estimate of drug-likeness (QED) is 0.732. The van der Waals surface area contributed by atoms with Crippen molar-refractivity contribution in [3.8, 4) is 0 Å². The number of aliphatic hydroxyl groups excluding tert-OH is 1. The fraction of sp³-hybridized carbons (Fsp3) is 0.632. The lowest BCUT2D eigenvalue weighted by Crippen LogP contribution is -2.56. The Kier molecular flexibility index (Phi) is 3.32. The first-order chi connectivity index (χ1) is 10.1. The highest BCUT2D eigenvalue weighted by Gasteiger charge is 2.56. The topological polar surface area (TPSA) is 57.5 Å². The summed E-state index contributed by atoms with van der Waals surface area (Å²) in [5.74, 6) is -0.167. The summed E-state index contributed by atoms with van der Waals surface area (Å²) >= 11 is 0. The molecule has 0 unspecified atom stereocenters. The van der Waals surface area contributed by atoms with Crippen molar-refractivity contribution in [2.24, 2.45) is 16.7 Å². The van der Waals surface area contributed by atoms with Crippen molar-refractivity contribution in [2.45, 2.75) is 58.2 Å². The van der Waals surface area contributed by atoms with Gasteiger partial charge in [0.2, 0.25) is 0 Å². The summed E-state index contributed by atoms with van der Waals surface area (Å²) < 4.78 is 0. The van der Waals surface area contributed by atoms with E-state index in [2.05, 4.69) is 13.5 Å². The van der Waals surface area contributed by atoms with E-state index in [1.807, 2.05) is 26.0 Å². The molecule has 1 fully saturated rings. The van der Waals surface area contributed by atoms with Crippen LogP contribution in [0, 0.1) is 16.7 Å². The summed E-state index contributed by atoms with van der Waals surface area (Å²) in [5.41, 5.74) is -0.286. The third-order valence-electron chi connectivity index (χ3n) is 6.23. The van der Waals surface area contributed by atoms with Gasteiger partial charge in [0.25, 0.3) is 0 Å². The maximum absolute atomic E-state index is 12.7. The van der Waals surface area contributed by atoms with E-state index in [0.717, 1.165) is 18.4 Å². The highest BCUT2D eigenvalue weighted by molar-refractivity contribution is 6.07. The van der Waals surface area contributed by atoms with Crippen LogP contribution in [0.15, 0.2) is 36.0 Å². The second kappa shape index (κ2) is 4.65. The van der Waals surface area contributed by atoms with Crippen LogP contribution >= 0.6 is 0 Å². The van der Waals surface area contributed by atoms with E-state index in [1.165, 1.54) is 0 Å². The highest BCUT2D eigenvalue weighted by atomic mass is 16.3. The number of carbonyl (C=O) groups excluding carboxylic acids is 1. The molecule has 0 amide bonds. The van der Waals surface area contributed by atoms with Crippen LogP contribution in [0.2, 0.25) is 0 Å². The lowest BCUT2D eigenvalue weighted by molar-refractivity contribution is -0.118. The Morgan fingerprint density at radius 2 is 1.95 bits per heavy atom. The molecule has 1 saturated carbocycles. The van der Waals surface area contributed by atoms with Crippen LogP contribution in [-0.4, -0.2) is 27.7 Å². The molecule has 2 N–H and O–H groups in total. The number of carbonyl (C=O) groups is 1. The fourth-order valence-electron chi connectivity index (χ4n) is 4.52. The van der Waals surface area contributed by atoms with Crippen molar-refractivity contribution < 1.29 is 15.0 Å². The molecule has 22 heavy (non-hydrogen) atoms. The fourth-order valence-corrected chi connectivity index (χ4v) is 4.52. The molecular weight excluding hydrogens is 276 g/mol. The summed E-state index contributed by atoms with van der Waals surface area (Å²) in [6.45, 7) is 9.81. The summed E-state index contributed by atoms with van der Waals surface area (Å²) in [4.78, 5) is 12.7. The van der Waals surface area contributed by atoms with Gasteiger partial charge in [0.05, 0.1) is 11.7 Å². The number of aliphatic hydroxyl groups is 2. The Balaban J connectivity index is 2.14. The van der Waals surface area contributed by atoms with Crippen LogP contribution in [0.1, 0.15) is 46.5 Å². The van der Waals surface area contributed by atoms with Gasteiger partial charge in [-0.1, -0.05) is 32.9 Å². The number of allylic oxidation sites excluding steroid dienone is 3. The Morgan fingerprint density at radius 3 is 2.59 bits per heavy atom. The van der Waals surface area contributed by atoms with Crippen LogP contribution in [-0.2, 0) is 4.79 Å². The first-order valence-electron chi connectivity index (χ1n) is 8.18. The van der Waals surface area contributed by atoms with E-state index < -0.39 is 17.1 Å². The van der Waals surface area contributed by atoms with Gasteiger partial charge >= 0.3 is 0 Å². The van der Waals surface area contributed by atoms with Gasteiger partial charge in [-0.2, -0.15) is 0 Å². The minimum atomic E-state index is -0.995. The van der Waals surface area contributed by atoms with Crippen molar-refractivity contribution >= 4 is 5.78 Å². The molecule has 3 nitrogen and oxygen atoms in total. The van der Waals surface area contributed by atoms with E-state index in [1.54, 1.807) is 6.08 Å². The second-order valence-corrected chi connectivity index (χ2v) is 8.02. The van der Waals surface area contributed by atoms with E-state index in [9.17, 15) is 15.0 Å². The molecular formula is C19H26O3. The third-order valence-corrected chi connectivity index (χ3v) is 6.23. The average Bonchev–Trinajstić information content (AvgIpc) is 2.47. The number of fused-ring (bicyclic) bond motifs is 3. The predicted octanol–water partition coefficient (Wildman–Crippen LogP) is 2.94. The van der Waals surface area contributed by atoms with Crippen molar-refractivity contribution in [2.75, 3.05) is 0 Å². The lowest BCUT2D eigenvalue weighted by Gasteiger charge is -2.54. The van der Waals surface area contributed by atoms with E-state index >= 15 is 0 Å². The third kappa shape index (κ3) is 1.99. The molecule has 3 rings (SSSR count). The molecule has 120 valence electrons. The number of hydrogen-bond donors (Lipinski definition) is 2. The molecule has 0 bridgehead atoms. The molecule has 0 aromatic rings. The molecule has 0 spiro atoms. The van der Waals surface area contributed by atoms with Gasteiger partial charge in [-0.05, 0) is 37.3 Å². The van der Waals surface area contributed by atoms with Crippen LogP contribution in [0.25, 0.3) is 0 Å². The largest absolute Gasteiger partial charge is 0.392 e. The normalized spacial score (nSPS) is 43.6. The molecule has 0 heterocycles. The first kappa shape index (κ1) is 15.7. The van der Waals surface area contributed by atoms with Crippen molar-refractivity contribution in [3.05, 3.63) is 36.0 Å². The zero-order chi connectivity index (χ0) is 16.3. The van der Waals surface area contributed by atoms with E-state index in [4.69, 9.17) is 0 Å². The van der Waals surface area contributed by atoms with Crippen LogP contribution in [0.3, 0.4) is 0 Å². The van der Waals surface area contributed by atoms with Gasteiger partial charge < -0.3 is 10.2 Å². The summed E-state index contributed by atoms with van der Waals surface area (Å²) in [6.07, 6.45) is 7.71. The average molecular weight is 302 g/mol. The second-order valence-electron chi connectivity index (χ2n) is 8.02. The molecule has 0 radical (unpaired) electrons. The monoisotopic (exact) mass is 302 g/mol. The summed E-state index contributed by atoms with van der Waals surface area (Å²) in [5, 5.41) is 21.7. The van der Waals surface area contributed by atoms with Gasteiger partial charge in [-0.3, -0.25) is 4.79 Å². The van der Waals surface area contributed by atoms with Gasteiger partial charge in [0.15, 0.2) is 5.78 Å². The molecule has 3 heteroatoms. The molecule has 0 aliphatic heterocycles. The molecule has 0 aromatic heterocycles. The van der Waals surface area contributed by atoms with Crippen LogP contribution in [0.5, 0.6) is 0 Å². The lowest BCUT2D eigenvalue weighted by atomic mass is 9.53. The van der Waals surface area contributed by atoms with Crippen LogP contribution in [0.4, 0.5) is 0 Å². The van der Waals surface area contributed by atoms with Gasteiger partial charge in [0.1, 0.15) is 0 Å². The summed E-state index contributed by atoms with van der Waals surface area (Å²) in [6, 6.07) is 0. The van der Waals surface area contributed by atoms with E-state index in [0.29, 0.717) is 18.4 Å². The highest BCUT2D eigenvalue weighted by Crippen LogP contribution is 2.56. The predicted molar refractivity (Wildman–Crippen MR) is 86.2 cm³/mol. The molecule has 3 aliphatic rings. The SMILES string of the molecule is C=C[C@]1(C)C=C2C(=O)C=C3C(C)(C)[C@H](O)CC[C@]3(O)[C@H]2CC1. The standard InChI is InChI=1S/C19H26O3/c1-5-18(4)8-6-13-12(11-18)14(20)10-15-17(2,3)16(21)7-9-19(13,15)22/h5,10-11,13,16,21-22H,1,6-9H2,2-4H3/t13-,16+,18-,19-/m0/s1. The maximum Gasteiger partial charge on any atom is 0.182 e. The molecule has 0 saturated heterocycles. The Hall–Kier alpha value is -1.19. The number of ketones is 1. The van der Waals surface area contributed by atoms with Gasteiger partial charge in [-0.25, -0.2) is 0 Å². The Labute approximate surface area is 132 Å². The van der Waals surface area contributed by atoms with E-state index in [-0.39, 0.29) is 17.1 Å². The maximum atomic E-state index is 12.7. The minimum Gasteiger partial charge on any atom is -0.392 e. The smallest absolute Gasteiger partial charge is 0.182 e. The zero-order valence-corrected chi connectivity index (χ0v) is 13.7. The zero-order valence-electron chi connectivity index (χ0n) is 13.7. The number of hydrogen-bond acceptors (Lipinski definition) is 3. The van der Waals surface area contributed by atoms with Crippen molar-refractivity contribution in [1.29, 1.82) is 0 Å². The minimum absolute atomic E-state index is 0.0142. The number of rotatable bonds is 1. The molecule has 4 atom stereocenters. The Morgan fingerprint density at radius 1 is 1.27 bits per heavy atom. The van der Waals surface area contributed by atoms with Gasteiger partial charge in [0, 0.05) is 22.3 Å². The van der Waals surface area contributed by atoms with Crippen molar-refractivity contribution in [3.63, 3.8) is 0 Å². The molecule has 0 aromatic carbocycles. The molecule has 3 aliphatic carbocycles. The first-order valence-corrected chi connectivity index (χ1v) is 8.18. The summed E-state index contributed by atoms with van der Waals surface area (Å²) in [7, 11) is 0.